The van der Waals surface area contributed by atoms with Crippen LogP contribution in [0.25, 0.3) is 27.7 Å². The molecule has 28 heavy (non-hydrogen) atoms. The molecule has 140 valence electrons. The molecule has 2 aromatic heterocycles. The second kappa shape index (κ2) is 6.50. The van der Waals surface area contributed by atoms with Crippen molar-refractivity contribution in [3.8, 4) is 16.8 Å². The predicted octanol–water partition coefficient (Wildman–Crippen LogP) is 3.95. The first-order valence-electron chi connectivity index (χ1n) is 9.73. The van der Waals surface area contributed by atoms with Gasteiger partial charge >= 0.3 is 0 Å². The van der Waals surface area contributed by atoms with E-state index in [2.05, 4.69) is 60.3 Å². The second-order valence-corrected chi connectivity index (χ2v) is 7.60. The molecule has 4 nitrogen and oxygen atoms in total. The van der Waals surface area contributed by atoms with Crippen molar-refractivity contribution in [3.05, 3.63) is 88.0 Å². The fraction of sp³-hybridized carbons (Fsp3) is 0.208. The molecule has 0 spiro atoms. The third kappa shape index (κ3) is 2.69. The molecule has 0 amide bonds. The average Bonchev–Trinajstić information content (AvgIpc) is 3.01. The third-order valence-electron chi connectivity index (χ3n) is 5.84. The standard InChI is InChI=1S/C24H23N3O/c1-16-3-5-17(6-4-16)18-10-12-27(24(28)13-18)19-7-8-20-21-15-25-11-9-22(21)26(2)23(20)14-19/h3-8,10,12-14,25H,9,11,15H2,1-2H3. The van der Waals surface area contributed by atoms with Crippen molar-refractivity contribution in [2.45, 2.75) is 19.9 Å². The zero-order valence-electron chi connectivity index (χ0n) is 16.2. The van der Waals surface area contributed by atoms with Crippen molar-refractivity contribution in [2.24, 2.45) is 7.05 Å². The number of aryl methyl sites for hydroxylation is 2. The third-order valence-corrected chi connectivity index (χ3v) is 5.84. The number of rotatable bonds is 2. The lowest BCUT2D eigenvalue weighted by molar-refractivity contribution is 0.622. The van der Waals surface area contributed by atoms with Gasteiger partial charge in [-0.15, -0.1) is 0 Å². The second-order valence-electron chi connectivity index (χ2n) is 7.60. The molecule has 1 aliphatic heterocycles. The van der Waals surface area contributed by atoms with Gasteiger partial charge in [0.1, 0.15) is 0 Å². The molecule has 4 heteroatoms. The van der Waals surface area contributed by atoms with E-state index in [1.165, 1.54) is 27.7 Å². The Hall–Kier alpha value is -3.11. The van der Waals surface area contributed by atoms with E-state index >= 15 is 0 Å². The smallest absolute Gasteiger partial charge is 0.255 e. The van der Waals surface area contributed by atoms with Crippen LogP contribution >= 0.6 is 0 Å². The number of fused-ring (bicyclic) bond motifs is 3. The van der Waals surface area contributed by atoms with Crippen LogP contribution in [0, 0.1) is 6.92 Å². The van der Waals surface area contributed by atoms with Gasteiger partial charge in [0.05, 0.1) is 11.2 Å². The average molecular weight is 369 g/mol. The van der Waals surface area contributed by atoms with Crippen LogP contribution in [0.1, 0.15) is 16.8 Å². The largest absolute Gasteiger partial charge is 0.347 e. The van der Waals surface area contributed by atoms with Gasteiger partial charge in [-0.05, 0) is 41.8 Å². The Kier molecular flexibility index (Phi) is 3.95. The van der Waals surface area contributed by atoms with Gasteiger partial charge in [-0.25, -0.2) is 0 Å². The number of hydrogen-bond donors (Lipinski definition) is 1. The first kappa shape index (κ1) is 17.0. The van der Waals surface area contributed by atoms with Crippen LogP contribution in [0.3, 0.4) is 0 Å². The number of benzene rings is 2. The van der Waals surface area contributed by atoms with E-state index in [1.54, 1.807) is 10.6 Å². The summed E-state index contributed by atoms with van der Waals surface area (Å²) in [7, 11) is 2.12. The van der Waals surface area contributed by atoms with E-state index in [9.17, 15) is 4.79 Å². The molecule has 0 saturated carbocycles. The Bertz CT molecular complexity index is 1250. The van der Waals surface area contributed by atoms with Crippen LogP contribution in [0.2, 0.25) is 0 Å². The summed E-state index contributed by atoms with van der Waals surface area (Å²) in [6.45, 7) is 4.00. The summed E-state index contributed by atoms with van der Waals surface area (Å²) >= 11 is 0. The molecule has 0 aliphatic carbocycles. The summed E-state index contributed by atoms with van der Waals surface area (Å²) in [5.41, 5.74) is 8.07. The Balaban J connectivity index is 1.59. The van der Waals surface area contributed by atoms with Gasteiger partial charge in [0, 0.05) is 49.9 Å². The molecule has 0 fully saturated rings. The molecule has 4 aromatic rings. The molecule has 0 saturated heterocycles. The first-order valence-corrected chi connectivity index (χ1v) is 9.73. The van der Waals surface area contributed by atoms with Crippen LogP contribution in [0.5, 0.6) is 0 Å². The SMILES string of the molecule is Cc1ccc(-c2ccn(-c3ccc4c5c(n(C)c4c3)CCNC5)c(=O)c2)cc1. The maximum atomic E-state index is 12.8. The molecule has 5 rings (SSSR count). The Morgan fingerprint density at radius 3 is 2.57 bits per heavy atom. The van der Waals surface area contributed by atoms with Gasteiger partial charge in [0.25, 0.3) is 5.56 Å². The monoisotopic (exact) mass is 369 g/mol. The highest BCUT2D eigenvalue weighted by Crippen LogP contribution is 2.29. The maximum absolute atomic E-state index is 12.8. The highest BCUT2D eigenvalue weighted by atomic mass is 16.1. The molecule has 0 radical (unpaired) electrons. The molecule has 3 heterocycles. The van der Waals surface area contributed by atoms with E-state index < -0.39 is 0 Å². The van der Waals surface area contributed by atoms with E-state index in [4.69, 9.17) is 0 Å². The normalized spacial score (nSPS) is 13.6. The zero-order valence-corrected chi connectivity index (χ0v) is 16.2. The number of nitrogens with one attached hydrogen (secondary N) is 1. The van der Waals surface area contributed by atoms with Crippen molar-refractivity contribution in [1.29, 1.82) is 0 Å². The number of pyridine rings is 1. The Morgan fingerprint density at radius 1 is 0.964 bits per heavy atom. The van der Waals surface area contributed by atoms with Crippen molar-refractivity contribution < 1.29 is 0 Å². The number of nitrogens with zero attached hydrogens (tertiary/aromatic N) is 2. The molecular formula is C24H23N3O. The Morgan fingerprint density at radius 2 is 1.79 bits per heavy atom. The summed E-state index contributed by atoms with van der Waals surface area (Å²) in [6, 6.07) is 18.3. The molecule has 0 atom stereocenters. The van der Waals surface area contributed by atoms with Crippen LogP contribution in [0.4, 0.5) is 0 Å². The van der Waals surface area contributed by atoms with Crippen LogP contribution in [-0.2, 0) is 20.0 Å². The van der Waals surface area contributed by atoms with Gasteiger partial charge in [0.2, 0.25) is 0 Å². The number of aromatic nitrogens is 2. The summed E-state index contributed by atoms with van der Waals surface area (Å²) in [4.78, 5) is 12.8. The summed E-state index contributed by atoms with van der Waals surface area (Å²) in [5, 5.41) is 4.73. The lowest BCUT2D eigenvalue weighted by Crippen LogP contribution is -2.24. The molecule has 0 unspecified atom stereocenters. The van der Waals surface area contributed by atoms with Crippen molar-refractivity contribution in [2.75, 3.05) is 6.54 Å². The maximum Gasteiger partial charge on any atom is 0.255 e. The van der Waals surface area contributed by atoms with Gasteiger partial charge in [-0.1, -0.05) is 35.9 Å². The fourth-order valence-corrected chi connectivity index (χ4v) is 4.26. The minimum Gasteiger partial charge on any atom is -0.347 e. The van der Waals surface area contributed by atoms with Crippen LogP contribution in [-0.4, -0.2) is 15.7 Å². The first-order chi connectivity index (χ1) is 13.6. The minimum absolute atomic E-state index is 0.0157. The molecule has 1 N–H and O–H groups in total. The highest BCUT2D eigenvalue weighted by molar-refractivity contribution is 5.87. The summed E-state index contributed by atoms with van der Waals surface area (Å²) < 4.78 is 4.00. The summed E-state index contributed by atoms with van der Waals surface area (Å²) in [6.07, 6.45) is 2.92. The van der Waals surface area contributed by atoms with E-state index in [-0.39, 0.29) is 5.56 Å². The molecule has 1 aliphatic rings. The van der Waals surface area contributed by atoms with E-state index in [0.29, 0.717) is 0 Å². The summed E-state index contributed by atoms with van der Waals surface area (Å²) in [5.74, 6) is 0. The van der Waals surface area contributed by atoms with Gasteiger partial charge in [-0.3, -0.25) is 9.36 Å². The van der Waals surface area contributed by atoms with Gasteiger partial charge in [-0.2, -0.15) is 0 Å². The van der Waals surface area contributed by atoms with Crippen LogP contribution in [0.15, 0.2) is 65.6 Å². The topological polar surface area (TPSA) is 39.0 Å². The van der Waals surface area contributed by atoms with Gasteiger partial charge in [0.15, 0.2) is 0 Å². The van der Waals surface area contributed by atoms with Crippen molar-refractivity contribution in [1.82, 2.24) is 14.5 Å². The fourth-order valence-electron chi connectivity index (χ4n) is 4.26. The van der Waals surface area contributed by atoms with E-state index in [1.807, 2.05) is 18.3 Å². The Labute approximate surface area is 164 Å². The molecule has 0 bridgehead atoms. The lowest BCUT2D eigenvalue weighted by Gasteiger charge is -2.14. The lowest BCUT2D eigenvalue weighted by atomic mass is 10.1. The van der Waals surface area contributed by atoms with Gasteiger partial charge < -0.3 is 9.88 Å². The zero-order chi connectivity index (χ0) is 19.3. The number of hydrogen-bond acceptors (Lipinski definition) is 2. The predicted molar refractivity (Wildman–Crippen MR) is 114 cm³/mol. The molecular weight excluding hydrogens is 346 g/mol. The van der Waals surface area contributed by atoms with Crippen molar-refractivity contribution in [3.63, 3.8) is 0 Å². The highest BCUT2D eigenvalue weighted by Gasteiger charge is 2.18. The van der Waals surface area contributed by atoms with Crippen LogP contribution < -0.4 is 10.9 Å². The minimum atomic E-state index is -0.0157. The van der Waals surface area contributed by atoms with Crippen molar-refractivity contribution >= 4 is 10.9 Å². The molecule has 2 aromatic carbocycles. The quantitative estimate of drug-likeness (QED) is 0.581. The van der Waals surface area contributed by atoms with E-state index in [0.717, 1.165) is 36.3 Å².